The summed E-state index contributed by atoms with van der Waals surface area (Å²) in [4.78, 5) is 12.5. The lowest BCUT2D eigenvalue weighted by Gasteiger charge is -2.18. The van der Waals surface area contributed by atoms with Crippen LogP contribution >= 0.6 is 43.5 Å². The van der Waals surface area contributed by atoms with Crippen molar-refractivity contribution in [1.29, 1.82) is 0 Å². The van der Waals surface area contributed by atoms with Crippen LogP contribution in [0.4, 0.5) is 5.69 Å². The number of carbonyl (C=O) groups excluding carboxylic acids is 1. The Bertz CT molecular complexity index is 1000. The summed E-state index contributed by atoms with van der Waals surface area (Å²) in [5.74, 6) is 0.257. The minimum atomic E-state index is -0.922. The van der Waals surface area contributed by atoms with E-state index >= 15 is 0 Å². The van der Waals surface area contributed by atoms with Gasteiger partial charge in [-0.3, -0.25) is 4.79 Å². The minimum absolute atomic E-state index is 0.176. The quantitative estimate of drug-likeness (QED) is 0.388. The van der Waals surface area contributed by atoms with E-state index in [0.29, 0.717) is 27.6 Å². The van der Waals surface area contributed by atoms with Crippen molar-refractivity contribution in [3.05, 3.63) is 91.3 Å². The molecule has 0 aliphatic rings. The summed E-state index contributed by atoms with van der Waals surface area (Å²) in [6, 6.07) is 17.9. The highest BCUT2D eigenvalue weighted by Crippen LogP contribution is 2.33. The van der Waals surface area contributed by atoms with Gasteiger partial charge in [0.25, 0.3) is 5.91 Å². The van der Waals surface area contributed by atoms with Gasteiger partial charge in [-0.15, -0.1) is 0 Å². The van der Waals surface area contributed by atoms with Crippen molar-refractivity contribution in [2.24, 2.45) is 0 Å². The van der Waals surface area contributed by atoms with E-state index in [1.54, 1.807) is 18.2 Å². The zero-order chi connectivity index (χ0) is 21.0. The van der Waals surface area contributed by atoms with Crippen LogP contribution in [-0.2, 0) is 4.79 Å². The Morgan fingerprint density at radius 3 is 2.55 bits per heavy atom. The van der Waals surface area contributed by atoms with Crippen molar-refractivity contribution in [2.75, 3.05) is 11.9 Å². The molecule has 0 bridgehead atoms. The van der Waals surface area contributed by atoms with E-state index in [2.05, 4.69) is 37.2 Å². The first-order chi connectivity index (χ1) is 13.8. The standard InChI is InChI=1S/C22H18Br2ClNO3/c1-13-9-15(23)10-18(24)22(13)29-12-20(27)26-19-8-7-16(25)11-17(19)21(28)14-5-3-2-4-6-14/h2-11,21,28H,12H2,1H3,(H,26,27). The first kappa shape index (κ1) is 21.8. The number of benzene rings is 3. The molecule has 1 unspecified atom stereocenters. The van der Waals surface area contributed by atoms with Crippen LogP contribution < -0.4 is 10.1 Å². The normalized spacial score (nSPS) is 11.8. The molecule has 150 valence electrons. The molecule has 3 rings (SSSR count). The van der Waals surface area contributed by atoms with Gasteiger partial charge in [0.1, 0.15) is 11.9 Å². The van der Waals surface area contributed by atoms with Crippen molar-refractivity contribution in [1.82, 2.24) is 0 Å². The van der Waals surface area contributed by atoms with Crippen LogP contribution in [0.2, 0.25) is 5.02 Å². The van der Waals surface area contributed by atoms with Gasteiger partial charge in [-0.25, -0.2) is 0 Å². The molecule has 2 N–H and O–H groups in total. The number of hydrogen-bond donors (Lipinski definition) is 2. The number of nitrogens with one attached hydrogen (secondary N) is 1. The molecule has 0 aliphatic carbocycles. The number of amides is 1. The topological polar surface area (TPSA) is 58.6 Å². The smallest absolute Gasteiger partial charge is 0.262 e. The molecule has 0 saturated heterocycles. The average Bonchev–Trinajstić information content (AvgIpc) is 2.68. The Morgan fingerprint density at radius 2 is 1.86 bits per heavy atom. The summed E-state index contributed by atoms with van der Waals surface area (Å²) >= 11 is 13.0. The maximum atomic E-state index is 12.5. The Kier molecular flexibility index (Phi) is 7.35. The lowest BCUT2D eigenvalue weighted by atomic mass is 10.00. The zero-order valence-electron chi connectivity index (χ0n) is 15.5. The number of ether oxygens (including phenoxy) is 1. The third-order valence-electron chi connectivity index (χ3n) is 4.24. The molecule has 4 nitrogen and oxygen atoms in total. The summed E-state index contributed by atoms with van der Waals surface area (Å²) < 4.78 is 7.37. The second-order valence-electron chi connectivity index (χ2n) is 6.42. The number of carbonyl (C=O) groups is 1. The van der Waals surface area contributed by atoms with Gasteiger partial charge in [0, 0.05) is 20.7 Å². The number of aryl methyl sites for hydroxylation is 1. The molecule has 7 heteroatoms. The fourth-order valence-corrected chi connectivity index (χ4v) is 4.62. The van der Waals surface area contributed by atoms with Crippen molar-refractivity contribution in [2.45, 2.75) is 13.0 Å². The van der Waals surface area contributed by atoms with Crippen molar-refractivity contribution < 1.29 is 14.6 Å². The van der Waals surface area contributed by atoms with Gasteiger partial charge in [0.15, 0.2) is 6.61 Å². The van der Waals surface area contributed by atoms with Gasteiger partial charge in [0.05, 0.1) is 4.47 Å². The van der Waals surface area contributed by atoms with Gasteiger partial charge in [-0.1, -0.05) is 57.9 Å². The molecule has 0 aliphatic heterocycles. The Labute approximate surface area is 191 Å². The van der Waals surface area contributed by atoms with E-state index in [0.717, 1.165) is 14.5 Å². The van der Waals surface area contributed by atoms with Crippen LogP contribution in [0, 0.1) is 6.92 Å². The first-order valence-electron chi connectivity index (χ1n) is 8.76. The van der Waals surface area contributed by atoms with Crippen molar-refractivity contribution >= 4 is 55.1 Å². The van der Waals surface area contributed by atoms with Gasteiger partial charge in [-0.05, 0) is 64.3 Å². The largest absolute Gasteiger partial charge is 0.482 e. The fraction of sp³-hybridized carbons (Fsp3) is 0.136. The lowest BCUT2D eigenvalue weighted by molar-refractivity contribution is -0.118. The van der Waals surface area contributed by atoms with Crippen LogP contribution in [0.5, 0.6) is 5.75 Å². The molecule has 3 aromatic rings. The predicted octanol–water partition coefficient (Wildman–Crippen LogP) is 6.27. The van der Waals surface area contributed by atoms with Crippen LogP contribution in [0.1, 0.15) is 22.8 Å². The van der Waals surface area contributed by atoms with E-state index in [4.69, 9.17) is 16.3 Å². The molecule has 29 heavy (non-hydrogen) atoms. The molecule has 0 aromatic heterocycles. The summed E-state index contributed by atoms with van der Waals surface area (Å²) in [5, 5.41) is 14.0. The third-order valence-corrected chi connectivity index (χ3v) is 5.52. The second-order valence-corrected chi connectivity index (χ2v) is 8.62. The minimum Gasteiger partial charge on any atom is -0.482 e. The molecular weight excluding hydrogens is 522 g/mol. The van der Waals surface area contributed by atoms with Crippen LogP contribution in [0.25, 0.3) is 0 Å². The van der Waals surface area contributed by atoms with E-state index in [1.807, 2.05) is 49.4 Å². The van der Waals surface area contributed by atoms with Crippen LogP contribution in [0.3, 0.4) is 0 Å². The van der Waals surface area contributed by atoms with Gasteiger partial charge < -0.3 is 15.2 Å². The van der Waals surface area contributed by atoms with Crippen molar-refractivity contribution in [3.8, 4) is 5.75 Å². The van der Waals surface area contributed by atoms with Gasteiger partial charge >= 0.3 is 0 Å². The zero-order valence-corrected chi connectivity index (χ0v) is 19.4. The maximum Gasteiger partial charge on any atom is 0.262 e. The van der Waals surface area contributed by atoms with E-state index < -0.39 is 6.10 Å². The SMILES string of the molecule is Cc1cc(Br)cc(Br)c1OCC(=O)Nc1ccc(Cl)cc1C(O)c1ccccc1. The van der Waals surface area contributed by atoms with Crippen molar-refractivity contribution in [3.63, 3.8) is 0 Å². The Balaban J connectivity index is 1.76. The molecule has 3 aromatic carbocycles. The molecular formula is C22H18Br2ClNO3. The third kappa shape index (κ3) is 5.60. The second kappa shape index (κ2) is 9.76. The monoisotopic (exact) mass is 537 g/mol. The summed E-state index contributed by atoms with van der Waals surface area (Å²) in [7, 11) is 0. The highest BCUT2D eigenvalue weighted by molar-refractivity contribution is 9.11. The summed E-state index contributed by atoms with van der Waals surface area (Å²) in [6.45, 7) is 1.72. The molecule has 1 amide bonds. The maximum absolute atomic E-state index is 12.5. The predicted molar refractivity (Wildman–Crippen MR) is 123 cm³/mol. The number of aliphatic hydroxyl groups excluding tert-OH is 1. The molecule has 0 saturated carbocycles. The van der Waals surface area contributed by atoms with E-state index in [9.17, 15) is 9.90 Å². The summed E-state index contributed by atoms with van der Waals surface area (Å²) in [5.41, 5.74) is 2.59. The highest BCUT2D eigenvalue weighted by atomic mass is 79.9. The fourth-order valence-electron chi connectivity index (χ4n) is 2.88. The number of anilines is 1. The number of halogens is 3. The van der Waals surface area contributed by atoms with E-state index in [-0.39, 0.29) is 12.5 Å². The van der Waals surface area contributed by atoms with Gasteiger partial charge in [0.2, 0.25) is 0 Å². The number of hydrogen-bond acceptors (Lipinski definition) is 3. The molecule has 0 fully saturated rings. The Hall–Kier alpha value is -1.86. The van der Waals surface area contributed by atoms with E-state index in [1.165, 1.54) is 0 Å². The van der Waals surface area contributed by atoms with Crippen LogP contribution in [-0.4, -0.2) is 17.6 Å². The summed E-state index contributed by atoms with van der Waals surface area (Å²) in [6.07, 6.45) is -0.922. The molecule has 0 spiro atoms. The first-order valence-corrected chi connectivity index (χ1v) is 10.7. The van der Waals surface area contributed by atoms with Crippen LogP contribution in [0.15, 0.2) is 69.6 Å². The average molecular weight is 540 g/mol. The molecule has 0 heterocycles. The highest BCUT2D eigenvalue weighted by Gasteiger charge is 2.17. The number of rotatable bonds is 6. The lowest BCUT2D eigenvalue weighted by Crippen LogP contribution is -2.21. The molecule has 1 atom stereocenters. The van der Waals surface area contributed by atoms with Gasteiger partial charge in [-0.2, -0.15) is 0 Å². The number of aliphatic hydroxyl groups is 1. The molecule has 0 radical (unpaired) electrons. The Morgan fingerprint density at radius 1 is 1.14 bits per heavy atom.